The molecular formula is C85H125N3O3. The summed E-state index contributed by atoms with van der Waals surface area (Å²) in [6.45, 7) is 59.2. The highest BCUT2D eigenvalue weighted by atomic mass is 16.5. The number of rotatable bonds is 11. The molecule has 7 aromatic carbocycles. The van der Waals surface area contributed by atoms with Gasteiger partial charge in [-0.15, -0.1) is 6.42 Å². The van der Waals surface area contributed by atoms with Crippen molar-refractivity contribution in [1.29, 1.82) is 0 Å². The molecule has 6 nitrogen and oxygen atoms in total. The molecule has 91 heavy (non-hydrogen) atoms. The van der Waals surface area contributed by atoms with Gasteiger partial charge in [-0.05, 0) is 153 Å². The lowest BCUT2D eigenvalue weighted by atomic mass is 9.87. The van der Waals surface area contributed by atoms with Gasteiger partial charge in [0.05, 0.1) is 19.8 Å². The largest absolute Gasteiger partial charge is 0.494 e. The van der Waals surface area contributed by atoms with E-state index in [1.54, 1.807) is 0 Å². The van der Waals surface area contributed by atoms with Gasteiger partial charge < -0.3 is 14.2 Å². The summed E-state index contributed by atoms with van der Waals surface area (Å²) in [4.78, 5) is 2.66. The van der Waals surface area contributed by atoms with Gasteiger partial charge in [-0.3, -0.25) is 0 Å². The van der Waals surface area contributed by atoms with Gasteiger partial charge in [0.15, 0.2) is 0 Å². The Labute approximate surface area is 558 Å². The van der Waals surface area contributed by atoms with Gasteiger partial charge in [0.25, 0.3) is 0 Å². The molecule has 0 bridgehead atoms. The topological polar surface area (TPSA) is 76.5 Å². The lowest BCUT2D eigenvalue weighted by Crippen LogP contribution is -2.10. The van der Waals surface area contributed by atoms with Crippen molar-refractivity contribution in [2.75, 3.05) is 26.4 Å². The third-order valence-corrected chi connectivity index (χ3v) is 14.7. The molecule has 0 spiro atoms. The van der Waals surface area contributed by atoms with Gasteiger partial charge in [-0.1, -0.05) is 339 Å². The highest BCUT2D eigenvalue weighted by molar-refractivity contribution is 5.34. The van der Waals surface area contributed by atoms with Crippen LogP contribution < -0.4 is 14.2 Å². The van der Waals surface area contributed by atoms with Crippen LogP contribution in [0.2, 0.25) is 0 Å². The second kappa shape index (κ2) is 39.9. The predicted molar refractivity (Wildman–Crippen MR) is 401 cm³/mol. The van der Waals surface area contributed by atoms with Crippen molar-refractivity contribution >= 4 is 0 Å². The second-order valence-corrected chi connectivity index (χ2v) is 30.6. The van der Waals surface area contributed by atoms with Gasteiger partial charge in [0.2, 0.25) is 0 Å². The number of nitrogens with zero attached hydrogens (tertiary/aromatic N) is 3. The molecule has 0 saturated heterocycles. The van der Waals surface area contributed by atoms with E-state index in [0.29, 0.717) is 19.8 Å². The molecule has 7 aromatic rings. The molecule has 0 heterocycles. The molecule has 0 aliphatic rings. The summed E-state index contributed by atoms with van der Waals surface area (Å²) in [5, 5.41) is 3.40. The molecule has 0 amide bonds. The molecule has 0 fully saturated rings. The summed E-state index contributed by atoms with van der Waals surface area (Å²) in [6.07, 6.45) is 8.74. The minimum absolute atomic E-state index is 0. The molecule has 0 aliphatic carbocycles. The van der Waals surface area contributed by atoms with E-state index in [-0.39, 0.29) is 45.3 Å². The van der Waals surface area contributed by atoms with Crippen LogP contribution in [0.15, 0.2) is 175 Å². The molecule has 7 rings (SSSR count). The van der Waals surface area contributed by atoms with Crippen LogP contribution in [0.5, 0.6) is 17.2 Å². The Bertz CT molecular complexity index is 2890. The number of ether oxygens (including phenoxy) is 3. The zero-order valence-corrected chi connectivity index (χ0v) is 61.3. The van der Waals surface area contributed by atoms with E-state index >= 15 is 0 Å². The van der Waals surface area contributed by atoms with E-state index in [4.69, 9.17) is 26.2 Å². The van der Waals surface area contributed by atoms with Crippen molar-refractivity contribution in [2.45, 2.75) is 245 Å². The second-order valence-electron chi connectivity index (χ2n) is 30.6. The molecule has 0 atom stereocenters. The van der Waals surface area contributed by atoms with Crippen LogP contribution in [-0.2, 0) is 37.9 Å². The van der Waals surface area contributed by atoms with E-state index in [1.807, 2.05) is 24.3 Å². The summed E-state index contributed by atoms with van der Waals surface area (Å²) < 4.78 is 16.4. The molecule has 0 aliphatic heterocycles. The number of azide groups is 1. The number of terminal acetylenes is 1. The molecule has 498 valence electrons. The molecule has 0 saturated carbocycles. The lowest BCUT2D eigenvalue weighted by Gasteiger charge is -2.19. The summed E-state index contributed by atoms with van der Waals surface area (Å²) in [5.74, 6) is 5.06. The highest BCUT2D eigenvalue weighted by Gasteiger charge is 2.17. The minimum atomic E-state index is 0. The van der Waals surface area contributed by atoms with Crippen LogP contribution in [0, 0.1) is 40.0 Å². The number of benzene rings is 7. The summed E-state index contributed by atoms with van der Waals surface area (Å²) >= 11 is 0. The zero-order chi connectivity index (χ0) is 68.6. The molecule has 0 aromatic heterocycles. The standard InChI is InChI=1S/C15H24O.C13H16O.C12H17N3O.4C11H16.CH4/c1-5-6-7-12-16-14-10-8-13(9-11-14)15(2,3)4;1-5-10-14-12-8-6-11(7-9-12)13(2,3)4;1-12(2,3)10-4-6-11(7-5-10)16-9-8-14-15-13;4*1-9-5-7-10(8-6-9)11(2,3)4;/h8-11H,5-7,12H2,1-4H3;1,6-9H,10H2,2-4H3;4-7H,8-9H2,1-3H3;4*5-8H,1-4H3;1H4. The zero-order valence-electron chi connectivity index (χ0n) is 61.3. The Morgan fingerprint density at radius 2 is 0.549 bits per heavy atom. The van der Waals surface area contributed by atoms with Crippen molar-refractivity contribution in [3.63, 3.8) is 0 Å². The average molecular weight is 1240 g/mol. The highest BCUT2D eigenvalue weighted by Crippen LogP contribution is 2.29. The fourth-order valence-electron chi connectivity index (χ4n) is 8.28. The van der Waals surface area contributed by atoms with Crippen LogP contribution in [0.4, 0.5) is 0 Å². The van der Waals surface area contributed by atoms with Crippen molar-refractivity contribution in [1.82, 2.24) is 0 Å². The quantitative estimate of drug-likeness (QED) is 0.0426. The Morgan fingerprint density at radius 1 is 0.341 bits per heavy atom. The monoisotopic (exact) mass is 1240 g/mol. The lowest BCUT2D eigenvalue weighted by molar-refractivity contribution is 0.306. The normalized spacial score (nSPS) is 11.2. The van der Waals surface area contributed by atoms with Crippen molar-refractivity contribution < 1.29 is 14.2 Å². The van der Waals surface area contributed by atoms with Crippen LogP contribution in [0.25, 0.3) is 10.4 Å². The van der Waals surface area contributed by atoms with Crippen LogP contribution in [-0.4, -0.2) is 26.4 Å². The van der Waals surface area contributed by atoms with Crippen LogP contribution in [0.1, 0.15) is 240 Å². The SMILES string of the molecule is C.C#CCOc1ccc(C(C)(C)C)cc1.CC(C)(C)c1ccc(OCCN=[N+]=[N-])cc1.CCCCCOc1ccc(C(C)(C)C)cc1.Cc1ccc(C(C)(C)C)cc1.Cc1ccc(C(C)(C)C)cc1.Cc1ccc(C(C)(C)C)cc1.Cc1ccc(C(C)(C)C)cc1. The molecule has 0 N–H and O–H groups in total. The van der Waals surface area contributed by atoms with Crippen molar-refractivity contribution in [2.24, 2.45) is 5.11 Å². The Kier molecular flexibility index (Phi) is 36.8. The van der Waals surface area contributed by atoms with Gasteiger partial charge in [0.1, 0.15) is 23.9 Å². The first kappa shape index (κ1) is 83.8. The van der Waals surface area contributed by atoms with Crippen molar-refractivity contribution in [3.8, 4) is 29.6 Å². The molecule has 0 unspecified atom stereocenters. The van der Waals surface area contributed by atoms with E-state index in [1.165, 1.54) is 74.0 Å². The fraction of sp³-hybridized carbons (Fsp3) is 0.482. The molecule has 6 heteroatoms. The Hall–Kier alpha value is -7.19. The number of hydrogen-bond acceptors (Lipinski definition) is 4. The predicted octanol–water partition coefficient (Wildman–Crippen LogP) is 25.0. The third-order valence-electron chi connectivity index (χ3n) is 14.7. The minimum Gasteiger partial charge on any atom is -0.494 e. The first-order valence-corrected chi connectivity index (χ1v) is 32.5. The third kappa shape index (κ3) is 37.1. The van der Waals surface area contributed by atoms with Crippen LogP contribution in [0.3, 0.4) is 0 Å². The Morgan fingerprint density at radius 3 is 0.747 bits per heavy atom. The first-order valence-electron chi connectivity index (χ1n) is 32.5. The molecule has 0 radical (unpaired) electrons. The van der Waals surface area contributed by atoms with Gasteiger partial charge in [-0.25, -0.2) is 0 Å². The average Bonchev–Trinajstić information content (AvgIpc) is 2.86. The van der Waals surface area contributed by atoms with Gasteiger partial charge in [-0.2, -0.15) is 0 Å². The number of hydrogen-bond donors (Lipinski definition) is 0. The summed E-state index contributed by atoms with van der Waals surface area (Å²) in [6, 6.07) is 59.5. The van der Waals surface area contributed by atoms with E-state index in [2.05, 4.69) is 342 Å². The first-order chi connectivity index (χ1) is 41.6. The van der Waals surface area contributed by atoms with E-state index in [0.717, 1.165) is 30.3 Å². The maximum atomic E-state index is 8.09. The van der Waals surface area contributed by atoms with Gasteiger partial charge in [0, 0.05) is 4.91 Å². The molecular weight excluding hydrogens is 1110 g/mol. The Balaban J connectivity index is 0.00000104. The van der Waals surface area contributed by atoms with Gasteiger partial charge >= 0.3 is 0 Å². The van der Waals surface area contributed by atoms with Crippen LogP contribution >= 0.6 is 0 Å². The number of aryl methyl sites for hydroxylation is 4. The van der Waals surface area contributed by atoms with E-state index < -0.39 is 0 Å². The maximum absolute atomic E-state index is 8.09. The number of unbranched alkanes of at least 4 members (excludes halogenated alkanes) is 2. The summed E-state index contributed by atoms with van der Waals surface area (Å²) in [7, 11) is 0. The van der Waals surface area contributed by atoms with E-state index in [9.17, 15) is 0 Å². The maximum Gasteiger partial charge on any atom is 0.148 e. The smallest absolute Gasteiger partial charge is 0.148 e. The fourth-order valence-corrected chi connectivity index (χ4v) is 8.28. The van der Waals surface area contributed by atoms with Crippen molar-refractivity contribution in [3.05, 3.63) is 241 Å². The summed E-state index contributed by atoms with van der Waals surface area (Å²) in [5.41, 5.74) is 24.7.